The fourth-order valence-electron chi connectivity index (χ4n) is 4.33. The largest absolute Gasteiger partial charge is 0.351 e. The molecule has 5 rings (SSSR count). The highest BCUT2D eigenvalue weighted by Gasteiger charge is 2.39. The Bertz CT molecular complexity index is 1030. The van der Waals surface area contributed by atoms with Gasteiger partial charge in [0, 0.05) is 29.7 Å². The topological polar surface area (TPSA) is 107 Å². The molecule has 1 aliphatic carbocycles. The van der Waals surface area contributed by atoms with E-state index < -0.39 is 5.66 Å². The lowest BCUT2D eigenvalue weighted by Gasteiger charge is -2.42. The second kappa shape index (κ2) is 6.61. The third-order valence-corrected chi connectivity index (χ3v) is 5.90. The van der Waals surface area contributed by atoms with E-state index in [-0.39, 0.29) is 6.04 Å². The second-order valence-electron chi connectivity index (χ2n) is 7.88. The molecule has 0 spiro atoms. The number of nitrogens with zero attached hydrogens (tertiary/aromatic N) is 3. The number of para-hydroxylation sites is 1. The van der Waals surface area contributed by atoms with E-state index in [2.05, 4.69) is 38.9 Å². The van der Waals surface area contributed by atoms with E-state index in [9.17, 15) is 0 Å². The number of benzene rings is 1. The van der Waals surface area contributed by atoms with E-state index in [0.717, 1.165) is 53.8 Å². The minimum atomic E-state index is -0.652. The third-order valence-electron chi connectivity index (χ3n) is 5.90. The van der Waals surface area contributed by atoms with Crippen molar-refractivity contribution in [2.75, 3.05) is 10.7 Å². The van der Waals surface area contributed by atoms with Crippen molar-refractivity contribution in [3.05, 3.63) is 60.8 Å². The molecular weight excluding hydrogens is 350 g/mol. The van der Waals surface area contributed by atoms with Crippen LogP contribution >= 0.6 is 0 Å². The van der Waals surface area contributed by atoms with Crippen LogP contribution in [-0.4, -0.2) is 26.3 Å². The van der Waals surface area contributed by atoms with Crippen LogP contribution in [0.15, 0.2) is 55.0 Å². The van der Waals surface area contributed by atoms with Crippen LogP contribution in [0.2, 0.25) is 0 Å². The van der Waals surface area contributed by atoms with E-state index in [1.54, 1.807) is 6.20 Å². The van der Waals surface area contributed by atoms with Crippen LogP contribution in [0.5, 0.6) is 0 Å². The molecule has 1 saturated carbocycles. The number of rotatable bonds is 3. The molecule has 1 unspecified atom stereocenters. The lowest BCUT2D eigenvalue weighted by atomic mass is 9.78. The van der Waals surface area contributed by atoms with Crippen LogP contribution in [0.3, 0.4) is 0 Å². The second-order valence-corrected chi connectivity index (χ2v) is 7.88. The van der Waals surface area contributed by atoms with Crippen LogP contribution in [0.4, 0.5) is 5.69 Å². The predicted molar refractivity (Wildman–Crippen MR) is 112 cm³/mol. The molecule has 7 heteroatoms. The molecule has 3 heterocycles. The molecule has 0 saturated heterocycles. The molecule has 6 N–H and O–H groups in total. The summed E-state index contributed by atoms with van der Waals surface area (Å²) < 4.78 is 1.91. The first-order valence-corrected chi connectivity index (χ1v) is 9.82. The van der Waals surface area contributed by atoms with Gasteiger partial charge in [-0.3, -0.25) is 4.98 Å². The van der Waals surface area contributed by atoms with Gasteiger partial charge in [0.1, 0.15) is 5.66 Å². The predicted octanol–water partition coefficient (Wildman–Crippen LogP) is 2.61. The van der Waals surface area contributed by atoms with Crippen molar-refractivity contribution in [2.24, 2.45) is 17.4 Å². The highest BCUT2D eigenvalue weighted by atomic mass is 15.5. The van der Waals surface area contributed by atoms with Crippen molar-refractivity contribution in [1.29, 1.82) is 0 Å². The highest BCUT2D eigenvalue weighted by Crippen LogP contribution is 2.35. The minimum absolute atomic E-state index is 0.289. The fourth-order valence-corrected chi connectivity index (χ4v) is 4.33. The van der Waals surface area contributed by atoms with Gasteiger partial charge in [-0.1, -0.05) is 18.2 Å². The molecule has 144 valence electrons. The monoisotopic (exact) mass is 375 g/mol. The first-order valence-electron chi connectivity index (χ1n) is 9.82. The van der Waals surface area contributed by atoms with Crippen LogP contribution in [0, 0.1) is 5.92 Å². The summed E-state index contributed by atoms with van der Waals surface area (Å²) >= 11 is 0. The Morgan fingerprint density at radius 3 is 2.82 bits per heavy atom. The molecule has 0 amide bonds. The zero-order valence-electron chi connectivity index (χ0n) is 15.7. The standard InChI is InChI=1S/C21H25N7/c22-16-7-5-15(6-8-16)21(23)12-19(20-24-9-10-28(20)27-21)26-17-11-14-3-1-2-4-18(14)25-13-17/h1-4,9-13,15-16,26-27H,5-8,22-23H2. The smallest absolute Gasteiger partial charge is 0.174 e. The minimum Gasteiger partial charge on any atom is -0.351 e. The van der Waals surface area contributed by atoms with Gasteiger partial charge in [-0.15, -0.1) is 0 Å². The first kappa shape index (κ1) is 17.2. The lowest BCUT2D eigenvalue weighted by molar-refractivity contribution is 0.239. The summed E-state index contributed by atoms with van der Waals surface area (Å²) in [6.45, 7) is 0. The van der Waals surface area contributed by atoms with E-state index in [1.165, 1.54) is 0 Å². The van der Waals surface area contributed by atoms with Crippen molar-refractivity contribution < 1.29 is 0 Å². The Hall–Kier alpha value is -2.90. The number of imidazole rings is 1. The molecule has 7 nitrogen and oxygen atoms in total. The Morgan fingerprint density at radius 2 is 1.96 bits per heavy atom. The van der Waals surface area contributed by atoms with Gasteiger partial charge in [-0.2, -0.15) is 0 Å². The average Bonchev–Trinajstić information content (AvgIpc) is 3.16. The third kappa shape index (κ3) is 3.02. The zero-order valence-corrected chi connectivity index (χ0v) is 15.7. The summed E-state index contributed by atoms with van der Waals surface area (Å²) in [5.41, 5.74) is 18.5. The molecule has 2 aromatic heterocycles. The van der Waals surface area contributed by atoms with Crippen LogP contribution in [0.1, 0.15) is 31.5 Å². The van der Waals surface area contributed by atoms with Crippen molar-refractivity contribution >= 4 is 22.3 Å². The Morgan fingerprint density at radius 1 is 1.14 bits per heavy atom. The molecule has 0 radical (unpaired) electrons. The quantitative estimate of drug-likeness (QED) is 0.561. The van der Waals surface area contributed by atoms with Gasteiger partial charge in [0.15, 0.2) is 5.82 Å². The number of nitrogens with one attached hydrogen (secondary N) is 2. The summed E-state index contributed by atoms with van der Waals surface area (Å²) in [4.78, 5) is 9.04. The summed E-state index contributed by atoms with van der Waals surface area (Å²) in [6.07, 6.45) is 11.6. The van der Waals surface area contributed by atoms with Gasteiger partial charge < -0.3 is 22.2 Å². The van der Waals surface area contributed by atoms with E-state index >= 15 is 0 Å². The summed E-state index contributed by atoms with van der Waals surface area (Å²) in [6, 6.07) is 10.5. The first-order chi connectivity index (χ1) is 13.6. The van der Waals surface area contributed by atoms with E-state index in [1.807, 2.05) is 35.3 Å². The number of nitrogens with two attached hydrogens (primary N) is 2. The number of hydrogen-bond acceptors (Lipinski definition) is 6. The lowest BCUT2D eigenvalue weighted by Crippen LogP contribution is -2.58. The van der Waals surface area contributed by atoms with Crippen LogP contribution < -0.4 is 22.2 Å². The van der Waals surface area contributed by atoms with E-state index in [4.69, 9.17) is 11.5 Å². The maximum atomic E-state index is 6.86. The molecular formula is C21H25N7. The zero-order chi connectivity index (χ0) is 19.1. The SMILES string of the molecule is NC1CCC(C2(N)C=C(Nc3cnc4ccccc4c3)c3nccn3N2)CC1. The van der Waals surface area contributed by atoms with Crippen molar-refractivity contribution in [1.82, 2.24) is 14.6 Å². The highest BCUT2D eigenvalue weighted by molar-refractivity contribution is 5.84. The normalized spacial score (nSPS) is 27.0. The van der Waals surface area contributed by atoms with Gasteiger partial charge in [-0.25, -0.2) is 9.66 Å². The summed E-state index contributed by atoms with van der Waals surface area (Å²) in [5, 5.41) is 4.58. The summed E-state index contributed by atoms with van der Waals surface area (Å²) in [5.74, 6) is 1.12. The number of anilines is 1. The maximum Gasteiger partial charge on any atom is 0.174 e. The van der Waals surface area contributed by atoms with Gasteiger partial charge in [0.2, 0.25) is 0 Å². The Balaban J connectivity index is 1.49. The van der Waals surface area contributed by atoms with Crippen LogP contribution in [0.25, 0.3) is 16.6 Å². The molecule has 1 fully saturated rings. The van der Waals surface area contributed by atoms with Crippen LogP contribution in [-0.2, 0) is 0 Å². The van der Waals surface area contributed by atoms with E-state index in [0.29, 0.717) is 5.92 Å². The molecule has 1 atom stereocenters. The van der Waals surface area contributed by atoms with Gasteiger partial charge in [0.05, 0.1) is 23.1 Å². The molecule has 0 bridgehead atoms. The van der Waals surface area contributed by atoms with Crippen molar-refractivity contribution in [3.63, 3.8) is 0 Å². The van der Waals surface area contributed by atoms with Gasteiger partial charge in [-0.05, 0) is 43.9 Å². The number of hydrogen-bond donors (Lipinski definition) is 4. The average molecular weight is 375 g/mol. The molecule has 28 heavy (non-hydrogen) atoms. The van der Waals surface area contributed by atoms with Crippen molar-refractivity contribution in [3.8, 4) is 0 Å². The molecule has 3 aromatic rings. The Kier molecular flexibility index (Phi) is 4.07. The van der Waals surface area contributed by atoms with Gasteiger partial charge in [0.25, 0.3) is 0 Å². The Labute approximate surface area is 163 Å². The summed E-state index contributed by atoms with van der Waals surface area (Å²) in [7, 11) is 0. The van der Waals surface area contributed by atoms with Gasteiger partial charge >= 0.3 is 0 Å². The number of fused-ring (bicyclic) bond motifs is 2. The number of aromatic nitrogens is 3. The molecule has 2 aliphatic rings. The number of pyridine rings is 1. The molecule has 1 aliphatic heterocycles. The molecule has 1 aromatic carbocycles. The fraction of sp³-hybridized carbons (Fsp3) is 0.333. The maximum absolute atomic E-state index is 6.86. The van der Waals surface area contributed by atoms with Crippen molar-refractivity contribution in [2.45, 2.75) is 37.4 Å².